The second-order valence-corrected chi connectivity index (χ2v) is 4.26. The van der Waals surface area contributed by atoms with Crippen LogP contribution in [0.2, 0.25) is 0 Å². The molecule has 0 bridgehead atoms. The fourth-order valence-electron chi connectivity index (χ4n) is 1.41. The largest absolute Gasteiger partial charge is 0.496 e. The van der Waals surface area contributed by atoms with Gasteiger partial charge in [-0.15, -0.1) is 0 Å². The van der Waals surface area contributed by atoms with E-state index >= 15 is 0 Å². The Balaban J connectivity index is 2.78. The first-order valence-electron chi connectivity index (χ1n) is 4.86. The lowest BCUT2D eigenvalue weighted by atomic mass is 10.1. The number of halogens is 3. The molecule has 0 aliphatic carbocycles. The van der Waals surface area contributed by atoms with Crippen molar-refractivity contribution in [3.05, 3.63) is 28.2 Å². The van der Waals surface area contributed by atoms with Crippen molar-refractivity contribution in [2.24, 2.45) is 0 Å². The summed E-state index contributed by atoms with van der Waals surface area (Å²) in [4.78, 5) is 0. The highest BCUT2D eigenvalue weighted by atomic mass is 79.9. The monoisotopic (exact) mass is 293 g/mol. The van der Waals surface area contributed by atoms with E-state index in [2.05, 4.69) is 21.2 Å². The summed E-state index contributed by atoms with van der Waals surface area (Å²) in [7, 11) is 3.10. The van der Waals surface area contributed by atoms with Gasteiger partial charge in [-0.3, -0.25) is 0 Å². The van der Waals surface area contributed by atoms with Gasteiger partial charge in [0.15, 0.2) is 0 Å². The molecule has 1 aromatic carbocycles. The highest BCUT2D eigenvalue weighted by molar-refractivity contribution is 9.10. The Morgan fingerprint density at radius 2 is 2.12 bits per heavy atom. The summed E-state index contributed by atoms with van der Waals surface area (Å²) in [6, 6.07) is 4.53. The van der Waals surface area contributed by atoms with Crippen LogP contribution in [0.1, 0.15) is 5.56 Å². The molecule has 0 radical (unpaired) electrons. The highest BCUT2D eigenvalue weighted by Gasteiger charge is 2.18. The van der Waals surface area contributed by atoms with E-state index in [1.54, 1.807) is 25.3 Å². The van der Waals surface area contributed by atoms with Crippen molar-refractivity contribution in [3.63, 3.8) is 0 Å². The molecule has 0 saturated heterocycles. The van der Waals surface area contributed by atoms with E-state index in [9.17, 15) is 8.78 Å². The van der Waals surface area contributed by atoms with Crippen LogP contribution in [-0.2, 0) is 6.42 Å². The summed E-state index contributed by atoms with van der Waals surface area (Å²) in [6.45, 7) is 0. The zero-order valence-corrected chi connectivity index (χ0v) is 10.7. The molecule has 0 aliphatic rings. The highest BCUT2D eigenvalue weighted by Crippen LogP contribution is 2.26. The minimum absolute atomic E-state index is 0.288. The molecular formula is C11H14BrF2NO. The summed E-state index contributed by atoms with van der Waals surface area (Å²) >= 11 is 3.32. The predicted octanol–water partition coefficient (Wildman–Crippen LogP) is 2.85. The Kier molecular flexibility index (Phi) is 5.15. The second-order valence-electron chi connectivity index (χ2n) is 3.40. The van der Waals surface area contributed by atoms with Crippen LogP contribution >= 0.6 is 15.9 Å². The van der Waals surface area contributed by atoms with Crippen molar-refractivity contribution >= 4 is 15.9 Å². The van der Waals surface area contributed by atoms with Gasteiger partial charge in [0.2, 0.25) is 0 Å². The fraction of sp³-hybridized carbons (Fsp3) is 0.455. The molecule has 2 nitrogen and oxygen atoms in total. The van der Waals surface area contributed by atoms with Crippen molar-refractivity contribution in [1.82, 2.24) is 5.32 Å². The van der Waals surface area contributed by atoms with E-state index < -0.39 is 12.5 Å². The Bertz CT molecular complexity index is 347. The van der Waals surface area contributed by atoms with Crippen LogP contribution in [0, 0.1) is 0 Å². The molecule has 1 atom stereocenters. The number of ether oxygens (including phenoxy) is 1. The lowest BCUT2D eigenvalue weighted by molar-refractivity contribution is 0.102. The molecule has 1 aromatic rings. The molecule has 1 rings (SSSR count). The Morgan fingerprint density at radius 3 is 2.56 bits per heavy atom. The van der Waals surface area contributed by atoms with E-state index in [1.807, 2.05) is 0 Å². The normalized spacial score (nSPS) is 12.9. The summed E-state index contributed by atoms with van der Waals surface area (Å²) in [6.07, 6.45) is -2.08. The van der Waals surface area contributed by atoms with Crippen molar-refractivity contribution in [2.45, 2.75) is 18.9 Å². The van der Waals surface area contributed by atoms with E-state index in [4.69, 9.17) is 4.74 Å². The van der Waals surface area contributed by atoms with Crippen LogP contribution in [0.15, 0.2) is 22.7 Å². The van der Waals surface area contributed by atoms with Gasteiger partial charge in [-0.2, -0.15) is 0 Å². The molecule has 0 amide bonds. The van der Waals surface area contributed by atoms with Crippen molar-refractivity contribution < 1.29 is 13.5 Å². The fourth-order valence-corrected chi connectivity index (χ4v) is 2.00. The molecule has 16 heavy (non-hydrogen) atoms. The van der Waals surface area contributed by atoms with Crippen LogP contribution in [0.3, 0.4) is 0 Å². The molecule has 5 heteroatoms. The molecule has 0 aromatic heterocycles. The lowest BCUT2D eigenvalue weighted by Gasteiger charge is -2.15. The first-order valence-corrected chi connectivity index (χ1v) is 5.65. The average molecular weight is 294 g/mol. The summed E-state index contributed by atoms with van der Waals surface area (Å²) in [5.41, 5.74) is 0.840. The number of hydrogen-bond acceptors (Lipinski definition) is 2. The van der Waals surface area contributed by atoms with Gasteiger partial charge >= 0.3 is 0 Å². The topological polar surface area (TPSA) is 21.3 Å². The van der Waals surface area contributed by atoms with Gasteiger partial charge in [0.05, 0.1) is 17.6 Å². The quantitative estimate of drug-likeness (QED) is 0.901. The average Bonchev–Trinajstić information content (AvgIpc) is 2.25. The van der Waals surface area contributed by atoms with Gasteiger partial charge in [0, 0.05) is 0 Å². The third kappa shape index (κ3) is 3.42. The van der Waals surface area contributed by atoms with E-state index in [-0.39, 0.29) is 6.42 Å². The second kappa shape index (κ2) is 6.15. The van der Waals surface area contributed by atoms with Gasteiger partial charge in [-0.25, -0.2) is 8.78 Å². The number of alkyl halides is 2. The summed E-state index contributed by atoms with van der Waals surface area (Å²) < 4.78 is 30.9. The maximum absolute atomic E-state index is 12.5. The van der Waals surface area contributed by atoms with E-state index in [0.717, 1.165) is 10.0 Å². The molecule has 0 fully saturated rings. The third-order valence-corrected chi connectivity index (χ3v) is 2.97. The molecule has 1 N–H and O–H groups in total. The smallest absolute Gasteiger partial charge is 0.254 e. The zero-order valence-electron chi connectivity index (χ0n) is 9.14. The van der Waals surface area contributed by atoms with Crippen LogP contribution < -0.4 is 10.1 Å². The van der Waals surface area contributed by atoms with Gasteiger partial charge < -0.3 is 10.1 Å². The van der Waals surface area contributed by atoms with Gasteiger partial charge in [-0.05, 0) is 47.1 Å². The summed E-state index contributed by atoms with van der Waals surface area (Å²) in [5, 5.41) is 2.60. The predicted molar refractivity (Wildman–Crippen MR) is 63.2 cm³/mol. The maximum Gasteiger partial charge on any atom is 0.254 e. The van der Waals surface area contributed by atoms with Crippen LogP contribution in [0.5, 0.6) is 5.75 Å². The van der Waals surface area contributed by atoms with Gasteiger partial charge in [-0.1, -0.05) is 6.07 Å². The number of benzene rings is 1. The van der Waals surface area contributed by atoms with Crippen molar-refractivity contribution in [2.75, 3.05) is 14.2 Å². The first kappa shape index (κ1) is 13.4. The van der Waals surface area contributed by atoms with E-state index in [1.165, 1.54) is 7.05 Å². The Hall–Kier alpha value is -0.680. The number of rotatable bonds is 5. The molecular weight excluding hydrogens is 280 g/mol. The molecule has 0 saturated carbocycles. The van der Waals surface area contributed by atoms with Crippen molar-refractivity contribution in [1.29, 1.82) is 0 Å². The molecule has 1 unspecified atom stereocenters. The third-order valence-electron chi connectivity index (χ3n) is 2.35. The minimum atomic E-state index is -2.37. The molecule has 0 aliphatic heterocycles. The summed E-state index contributed by atoms with van der Waals surface area (Å²) in [5.74, 6) is 0.696. The van der Waals surface area contributed by atoms with Gasteiger partial charge in [0.1, 0.15) is 5.75 Å². The standard InChI is InChI=1S/C11H14BrF2NO/c1-15-9(11(13)14)6-7-3-4-10(16-2)8(12)5-7/h3-5,9,11,15H,6H2,1-2H3. The van der Waals surface area contributed by atoms with Crippen molar-refractivity contribution in [3.8, 4) is 5.75 Å². The van der Waals surface area contributed by atoms with Gasteiger partial charge in [0.25, 0.3) is 6.43 Å². The zero-order chi connectivity index (χ0) is 12.1. The number of likely N-dealkylation sites (N-methyl/N-ethyl adjacent to an activating group) is 1. The number of hydrogen-bond donors (Lipinski definition) is 1. The first-order chi connectivity index (χ1) is 7.58. The SMILES string of the molecule is CNC(Cc1ccc(OC)c(Br)c1)C(F)F. The van der Waals surface area contributed by atoms with Crippen LogP contribution in [0.4, 0.5) is 8.78 Å². The molecule has 90 valence electrons. The molecule has 0 spiro atoms. The lowest BCUT2D eigenvalue weighted by Crippen LogP contribution is -2.34. The number of nitrogens with one attached hydrogen (secondary N) is 1. The van der Waals surface area contributed by atoms with Crippen LogP contribution in [0.25, 0.3) is 0 Å². The number of methoxy groups -OCH3 is 1. The van der Waals surface area contributed by atoms with E-state index in [0.29, 0.717) is 5.75 Å². The maximum atomic E-state index is 12.5. The molecule has 0 heterocycles. The Labute approximate surface area is 102 Å². The minimum Gasteiger partial charge on any atom is -0.496 e. The van der Waals surface area contributed by atoms with Crippen LogP contribution in [-0.4, -0.2) is 26.6 Å². The Morgan fingerprint density at radius 1 is 1.44 bits per heavy atom.